The highest BCUT2D eigenvalue weighted by Crippen LogP contribution is 2.42. The molecule has 4 nitrogen and oxygen atoms in total. The number of nitro benzene ring substituents is 1. The molecule has 0 bridgehead atoms. The lowest BCUT2D eigenvalue weighted by atomic mass is 10.2. The third-order valence-corrected chi connectivity index (χ3v) is 2.84. The lowest BCUT2D eigenvalue weighted by molar-refractivity contribution is -0.385. The van der Waals surface area contributed by atoms with E-state index in [1.807, 2.05) is 0 Å². The Morgan fingerprint density at radius 2 is 2.06 bits per heavy atom. The Morgan fingerprint density at radius 3 is 2.47 bits per heavy atom. The molecular weight excluding hydrogens is 281 g/mol. The molecule has 1 rings (SSSR count). The number of halogens is 4. The number of benzene rings is 1. The second kappa shape index (κ2) is 4.81. The summed E-state index contributed by atoms with van der Waals surface area (Å²) in [6, 6.07) is 1.13. The number of nitro groups is 1. The maximum atomic E-state index is 12.6. The van der Waals surface area contributed by atoms with Crippen LogP contribution in [0.25, 0.3) is 0 Å². The van der Waals surface area contributed by atoms with E-state index in [1.54, 1.807) is 0 Å². The van der Waals surface area contributed by atoms with Crippen LogP contribution in [0.3, 0.4) is 0 Å². The molecule has 0 aliphatic heterocycles. The molecule has 0 spiro atoms. The zero-order valence-corrected chi connectivity index (χ0v) is 9.36. The van der Waals surface area contributed by atoms with Crippen molar-refractivity contribution in [3.05, 3.63) is 32.8 Å². The molecule has 0 saturated heterocycles. The van der Waals surface area contributed by atoms with Crippen LogP contribution < -0.4 is 0 Å². The van der Waals surface area contributed by atoms with Crippen molar-refractivity contribution >= 4 is 29.1 Å². The standard InChI is InChI=1S/C8H2ClF3N2O2S/c9-6-2-4(14(15)16)1-5(8(10,11)12)7(6)17-3-13/h1-2H. The molecule has 1 aromatic rings. The van der Waals surface area contributed by atoms with E-state index in [9.17, 15) is 23.3 Å². The van der Waals surface area contributed by atoms with Gasteiger partial charge in [0, 0.05) is 12.1 Å². The molecule has 0 heterocycles. The van der Waals surface area contributed by atoms with E-state index in [2.05, 4.69) is 0 Å². The third-order valence-electron chi connectivity index (χ3n) is 1.69. The van der Waals surface area contributed by atoms with Crippen LogP contribution in [0.1, 0.15) is 5.56 Å². The van der Waals surface area contributed by atoms with Crippen molar-refractivity contribution in [2.24, 2.45) is 0 Å². The number of nitrogens with zero attached hydrogens (tertiary/aromatic N) is 2. The van der Waals surface area contributed by atoms with E-state index in [1.165, 1.54) is 5.40 Å². The van der Waals surface area contributed by atoms with Gasteiger partial charge in [-0.25, -0.2) is 0 Å². The predicted molar refractivity (Wildman–Crippen MR) is 54.6 cm³/mol. The van der Waals surface area contributed by atoms with Gasteiger partial charge >= 0.3 is 6.18 Å². The number of thiocyanates is 1. The molecule has 0 aliphatic rings. The first-order valence-electron chi connectivity index (χ1n) is 3.88. The summed E-state index contributed by atoms with van der Waals surface area (Å²) in [5, 5.41) is 19.7. The van der Waals surface area contributed by atoms with Crippen LogP contribution in [0.4, 0.5) is 18.9 Å². The van der Waals surface area contributed by atoms with Gasteiger partial charge in [-0.1, -0.05) is 11.6 Å². The van der Waals surface area contributed by atoms with E-state index in [0.29, 0.717) is 6.07 Å². The summed E-state index contributed by atoms with van der Waals surface area (Å²) in [5.74, 6) is 0. The molecule has 0 amide bonds. The number of nitriles is 1. The maximum absolute atomic E-state index is 12.6. The van der Waals surface area contributed by atoms with E-state index in [4.69, 9.17) is 16.9 Å². The average Bonchev–Trinajstić information content (AvgIpc) is 2.18. The first-order chi connectivity index (χ1) is 7.77. The van der Waals surface area contributed by atoms with E-state index in [-0.39, 0.29) is 11.8 Å². The zero-order chi connectivity index (χ0) is 13.2. The Balaban J connectivity index is 3.51. The highest BCUT2D eigenvalue weighted by Gasteiger charge is 2.36. The fourth-order valence-corrected chi connectivity index (χ4v) is 1.91. The quantitative estimate of drug-likeness (QED) is 0.358. The minimum absolute atomic E-state index is 0.207. The van der Waals surface area contributed by atoms with Crippen molar-refractivity contribution in [1.82, 2.24) is 0 Å². The molecule has 9 heteroatoms. The van der Waals surface area contributed by atoms with Gasteiger partial charge in [0.2, 0.25) is 0 Å². The molecule has 90 valence electrons. The molecule has 0 fully saturated rings. The molecular formula is C8H2ClF3N2O2S. The van der Waals surface area contributed by atoms with Crippen LogP contribution in [0.2, 0.25) is 5.02 Å². The first kappa shape index (κ1) is 13.6. The Bertz CT molecular complexity index is 513. The van der Waals surface area contributed by atoms with Gasteiger partial charge in [0.25, 0.3) is 5.69 Å². The number of non-ortho nitro benzene ring substituents is 1. The Hall–Kier alpha value is -1.46. The van der Waals surface area contributed by atoms with Crippen LogP contribution in [0, 0.1) is 20.8 Å². The van der Waals surface area contributed by atoms with Gasteiger partial charge in [-0.15, -0.1) is 0 Å². The molecule has 17 heavy (non-hydrogen) atoms. The lowest BCUT2D eigenvalue weighted by Crippen LogP contribution is -2.08. The van der Waals surface area contributed by atoms with Crippen molar-refractivity contribution in [2.45, 2.75) is 11.1 Å². The molecule has 0 aromatic heterocycles. The number of rotatable bonds is 2. The van der Waals surface area contributed by atoms with Gasteiger partial charge in [0.1, 0.15) is 5.40 Å². The summed E-state index contributed by atoms with van der Waals surface area (Å²) >= 11 is 5.69. The fraction of sp³-hybridized carbons (Fsp3) is 0.125. The van der Waals surface area contributed by atoms with Crippen LogP contribution in [0.5, 0.6) is 0 Å². The highest BCUT2D eigenvalue weighted by atomic mass is 35.5. The van der Waals surface area contributed by atoms with Crippen LogP contribution in [-0.2, 0) is 6.18 Å². The van der Waals surface area contributed by atoms with Crippen molar-refractivity contribution in [2.75, 3.05) is 0 Å². The molecule has 0 saturated carbocycles. The first-order valence-corrected chi connectivity index (χ1v) is 5.08. The summed E-state index contributed by atoms with van der Waals surface area (Å²) < 4.78 is 37.8. The lowest BCUT2D eigenvalue weighted by Gasteiger charge is -2.11. The minimum Gasteiger partial charge on any atom is -0.258 e. The summed E-state index contributed by atoms with van der Waals surface area (Å²) in [5.41, 5.74) is -2.06. The molecule has 0 atom stereocenters. The Kier molecular flexibility index (Phi) is 3.85. The molecule has 1 aromatic carbocycles. The number of thioether (sulfide) groups is 1. The van der Waals surface area contributed by atoms with Gasteiger partial charge in [-0.05, 0) is 11.8 Å². The predicted octanol–water partition coefficient (Wildman–Crippen LogP) is 3.84. The second-order valence-corrected chi connectivity index (χ2v) is 3.95. The Labute approximate surface area is 102 Å². The largest absolute Gasteiger partial charge is 0.417 e. The van der Waals surface area contributed by atoms with E-state index >= 15 is 0 Å². The molecule has 0 N–H and O–H groups in total. The zero-order valence-electron chi connectivity index (χ0n) is 7.79. The van der Waals surface area contributed by atoms with Gasteiger partial charge < -0.3 is 0 Å². The van der Waals surface area contributed by atoms with Gasteiger partial charge in [-0.3, -0.25) is 10.1 Å². The van der Waals surface area contributed by atoms with Crippen molar-refractivity contribution in [3.63, 3.8) is 0 Å². The smallest absolute Gasteiger partial charge is 0.258 e. The summed E-state index contributed by atoms with van der Waals surface area (Å²) in [6.07, 6.45) is -4.81. The molecule has 0 unspecified atom stereocenters. The fourth-order valence-electron chi connectivity index (χ4n) is 1.04. The minimum atomic E-state index is -4.81. The average molecular weight is 283 g/mol. The highest BCUT2D eigenvalue weighted by molar-refractivity contribution is 8.03. The third kappa shape index (κ3) is 3.01. The van der Waals surface area contributed by atoms with Crippen LogP contribution in [-0.4, -0.2) is 4.92 Å². The van der Waals surface area contributed by atoms with Crippen molar-refractivity contribution in [3.8, 4) is 5.40 Å². The Morgan fingerprint density at radius 1 is 1.47 bits per heavy atom. The topological polar surface area (TPSA) is 66.9 Å². The van der Waals surface area contributed by atoms with E-state index < -0.39 is 32.3 Å². The monoisotopic (exact) mass is 282 g/mol. The molecule has 0 radical (unpaired) electrons. The van der Waals surface area contributed by atoms with Gasteiger partial charge in [0.05, 0.1) is 20.4 Å². The normalized spacial score (nSPS) is 11.0. The van der Waals surface area contributed by atoms with Crippen LogP contribution >= 0.6 is 23.4 Å². The second-order valence-electron chi connectivity index (χ2n) is 2.75. The number of hydrogen-bond acceptors (Lipinski definition) is 4. The number of hydrogen-bond donors (Lipinski definition) is 0. The maximum Gasteiger partial charge on any atom is 0.417 e. The summed E-state index contributed by atoms with van der Waals surface area (Å²) in [6.45, 7) is 0. The van der Waals surface area contributed by atoms with Crippen molar-refractivity contribution < 1.29 is 18.1 Å². The summed E-state index contributed by atoms with van der Waals surface area (Å²) in [7, 11) is 0. The van der Waals surface area contributed by atoms with Crippen LogP contribution in [0.15, 0.2) is 17.0 Å². The van der Waals surface area contributed by atoms with E-state index in [0.717, 1.165) is 6.07 Å². The SMILES string of the molecule is N#CSc1c(Cl)cc([N+](=O)[O-])cc1C(F)(F)F. The molecule has 0 aliphatic carbocycles. The number of alkyl halides is 3. The summed E-state index contributed by atoms with van der Waals surface area (Å²) in [4.78, 5) is 8.89. The van der Waals surface area contributed by atoms with Gasteiger partial charge in [-0.2, -0.15) is 18.4 Å². The van der Waals surface area contributed by atoms with Crippen molar-refractivity contribution in [1.29, 1.82) is 5.26 Å². The van der Waals surface area contributed by atoms with Gasteiger partial charge in [0.15, 0.2) is 0 Å².